The highest BCUT2D eigenvalue weighted by Crippen LogP contribution is 2.33. The third kappa shape index (κ3) is 5.62. The quantitative estimate of drug-likeness (QED) is 0.504. The Morgan fingerprint density at radius 1 is 1.19 bits per heavy atom. The van der Waals surface area contributed by atoms with Crippen molar-refractivity contribution in [3.8, 4) is 0 Å². The van der Waals surface area contributed by atoms with Gasteiger partial charge < -0.3 is 10.6 Å². The fourth-order valence-electron chi connectivity index (χ4n) is 3.97. The molecule has 9 nitrogen and oxygen atoms in total. The number of hydrazine groups is 1. The molecule has 1 saturated heterocycles. The lowest BCUT2D eigenvalue weighted by Gasteiger charge is -2.30. The molecule has 0 unspecified atom stereocenters. The monoisotopic (exact) mass is 493 g/mol. The lowest BCUT2D eigenvalue weighted by Crippen LogP contribution is -2.51. The number of halogens is 1. The molecule has 0 radical (unpaired) electrons. The zero-order valence-corrected chi connectivity index (χ0v) is 19.4. The van der Waals surface area contributed by atoms with Gasteiger partial charge in [0.1, 0.15) is 5.54 Å². The van der Waals surface area contributed by atoms with Gasteiger partial charge in [0.2, 0.25) is 11.8 Å². The van der Waals surface area contributed by atoms with Crippen molar-refractivity contribution in [3.05, 3.63) is 28.2 Å². The van der Waals surface area contributed by atoms with Gasteiger partial charge in [-0.1, -0.05) is 35.2 Å². The number of nitrogens with one attached hydrogen (secondary N) is 3. The highest BCUT2D eigenvalue weighted by molar-refractivity contribution is 9.10. The number of carbonyl (C=O) groups excluding carboxylic acids is 4. The number of rotatable bonds is 7. The molecule has 0 bridgehead atoms. The lowest BCUT2D eigenvalue weighted by molar-refractivity contribution is -0.140. The predicted molar refractivity (Wildman–Crippen MR) is 119 cm³/mol. The summed E-state index contributed by atoms with van der Waals surface area (Å²) in [5, 5.41) is 6.41. The Kier molecular flexibility index (Phi) is 7.32. The van der Waals surface area contributed by atoms with Crippen LogP contribution in [-0.2, 0) is 14.4 Å². The van der Waals surface area contributed by atoms with Gasteiger partial charge >= 0.3 is 6.03 Å². The molecule has 31 heavy (non-hydrogen) atoms. The molecule has 1 saturated carbocycles. The van der Waals surface area contributed by atoms with Gasteiger partial charge in [-0.2, -0.15) is 5.01 Å². The first-order valence-corrected chi connectivity index (χ1v) is 11.2. The van der Waals surface area contributed by atoms with Crippen molar-refractivity contribution in [2.24, 2.45) is 0 Å². The summed E-state index contributed by atoms with van der Waals surface area (Å²) in [5.41, 5.74) is 3.21. The number of urea groups is 1. The molecule has 3 rings (SSSR count). The van der Waals surface area contributed by atoms with E-state index >= 15 is 0 Å². The van der Waals surface area contributed by atoms with Crippen LogP contribution in [-0.4, -0.2) is 59.3 Å². The van der Waals surface area contributed by atoms with Crippen molar-refractivity contribution in [3.63, 3.8) is 0 Å². The van der Waals surface area contributed by atoms with E-state index in [2.05, 4.69) is 32.0 Å². The smallest absolute Gasteiger partial charge is 0.325 e. The van der Waals surface area contributed by atoms with E-state index in [4.69, 9.17) is 0 Å². The van der Waals surface area contributed by atoms with E-state index in [0.29, 0.717) is 19.4 Å². The Labute approximate surface area is 190 Å². The number of amides is 5. The number of hydrogen-bond donors (Lipinski definition) is 3. The molecule has 1 aromatic rings. The van der Waals surface area contributed by atoms with Gasteiger partial charge in [-0.25, -0.2) is 4.79 Å². The first-order valence-electron chi connectivity index (χ1n) is 10.4. The molecule has 168 valence electrons. The maximum absolute atomic E-state index is 12.7. The Hall–Kier alpha value is -2.46. The Morgan fingerprint density at radius 2 is 1.90 bits per heavy atom. The molecule has 1 heterocycles. The molecule has 1 aliphatic heterocycles. The van der Waals surface area contributed by atoms with Gasteiger partial charge in [-0.3, -0.25) is 24.7 Å². The molecule has 2 aliphatic rings. The van der Waals surface area contributed by atoms with Crippen LogP contribution in [0.25, 0.3) is 0 Å². The minimum Gasteiger partial charge on any atom is -0.325 e. The lowest BCUT2D eigenvalue weighted by atomic mass is 9.82. The molecule has 10 heteroatoms. The second kappa shape index (κ2) is 9.78. The topological polar surface area (TPSA) is 111 Å². The van der Waals surface area contributed by atoms with Crippen LogP contribution in [0.4, 0.5) is 10.5 Å². The van der Waals surface area contributed by atoms with Crippen molar-refractivity contribution in [1.82, 2.24) is 20.7 Å². The summed E-state index contributed by atoms with van der Waals surface area (Å²) in [6.07, 6.45) is 4.03. The number of anilines is 1. The second-order valence-electron chi connectivity index (χ2n) is 8.24. The highest BCUT2D eigenvalue weighted by Gasteiger charge is 2.52. The summed E-state index contributed by atoms with van der Waals surface area (Å²) in [7, 11) is 1.73. The van der Waals surface area contributed by atoms with Gasteiger partial charge in [0.15, 0.2) is 0 Å². The maximum Gasteiger partial charge on any atom is 0.344 e. The van der Waals surface area contributed by atoms with Crippen LogP contribution >= 0.6 is 15.9 Å². The standard InChI is InChI=1S/C21H28BrN5O4/c1-14-12-15(22)6-7-16(14)23-18(29)13-26(2)11-8-17(28)25-27-19(30)21(24-20(27)31)9-4-3-5-10-21/h6-7,12H,3-5,8-11,13H2,1-2H3,(H,23,29)(H,24,31)(H,25,28). The normalized spacial score (nSPS) is 17.7. The average Bonchev–Trinajstić information content (AvgIpc) is 2.93. The van der Waals surface area contributed by atoms with E-state index in [1.165, 1.54) is 0 Å². The van der Waals surface area contributed by atoms with Crippen molar-refractivity contribution >= 4 is 45.4 Å². The van der Waals surface area contributed by atoms with E-state index in [1.54, 1.807) is 11.9 Å². The molecule has 1 spiro atoms. The molecule has 0 aromatic heterocycles. The summed E-state index contributed by atoms with van der Waals surface area (Å²) in [4.78, 5) is 51.2. The SMILES string of the molecule is Cc1cc(Br)ccc1NC(=O)CN(C)CCC(=O)NN1C(=O)NC2(CCCCC2)C1=O. The summed E-state index contributed by atoms with van der Waals surface area (Å²) in [6, 6.07) is 5.00. The fourth-order valence-corrected chi connectivity index (χ4v) is 4.45. The third-order valence-electron chi connectivity index (χ3n) is 5.70. The summed E-state index contributed by atoms with van der Waals surface area (Å²) in [5.74, 6) is -1.03. The minimum absolute atomic E-state index is 0.0468. The number of aryl methyl sites for hydroxylation is 1. The molecule has 1 aliphatic carbocycles. The van der Waals surface area contributed by atoms with Crippen molar-refractivity contribution in [1.29, 1.82) is 0 Å². The van der Waals surface area contributed by atoms with E-state index < -0.39 is 17.5 Å². The van der Waals surface area contributed by atoms with Crippen molar-refractivity contribution < 1.29 is 19.2 Å². The first-order chi connectivity index (χ1) is 14.7. The Morgan fingerprint density at radius 3 is 2.58 bits per heavy atom. The number of carbonyl (C=O) groups is 4. The van der Waals surface area contributed by atoms with E-state index in [9.17, 15) is 19.2 Å². The van der Waals surface area contributed by atoms with Gasteiger partial charge in [-0.05, 0) is 50.6 Å². The van der Waals surface area contributed by atoms with Crippen LogP contribution in [0.5, 0.6) is 0 Å². The Bertz CT molecular complexity index is 885. The predicted octanol–water partition coefficient (Wildman–Crippen LogP) is 2.30. The van der Waals surface area contributed by atoms with Crippen LogP contribution in [0.2, 0.25) is 0 Å². The highest BCUT2D eigenvalue weighted by atomic mass is 79.9. The van der Waals surface area contributed by atoms with E-state index in [0.717, 1.165) is 40.0 Å². The minimum atomic E-state index is -0.872. The zero-order chi connectivity index (χ0) is 22.6. The number of likely N-dealkylation sites (N-methyl/N-ethyl adjacent to an activating group) is 1. The molecule has 3 N–H and O–H groups in total. The Balaban J connectivity index is 1.44. The van der Waals surface area contributed by atoms with Crippen LogP contribution < -0.4 is 16.1 Å². The number of imide groups is 1. The van der Waals surface area contributed by atoms with Crippen LogP contribution in [0, 0.1) is 6.92 Å². The van der Waals surface area contributed by atoms with Gasteiger partial charge in [0.25, 0.3) is 5.91 Å². The summed E-state index contributed by atoms with van der Waals surface area (Å²) < 4.78 is 0.936. The third-order valence-corrected chi connectivity index (χ3v) is 6.20. The number of nitrogens with zero attached hydrogens (tertiary/aromatic N) is 2. The van der Waals surface area contributed by atoms with Gasteiger partial charge in [0.05, 0.1) is 6.54 Å². The molecular formula is C21H28BrN5O4. The molecule has 5 amide bonds. The zero-order valence-electron chi connectivity index (χ0n) is 17.8. The second-order valence-corrected chi connectivity index (χ2v) is 9.16. The molecule has 1 aromatic carbocycles. The van der Waals surface area contributed by atoms with E-state index in [-0.39, 0.29) is 24.8 Å². The van der Waals surface area contributed by atoms with Crippen molar-refractivity contribution in [2.75, 3.05) is 25.5 Å². The molecule has 2 fully saturated rings. The average molecular weight is 494 g/mol. The largest absolute Gasteiger partial charge is 0.344 e. The number of hydrogen-bond acceptors (Lipinski definition) is 5. The fraction of sp³-hybridized carbons (Fsp3) is 0.524. The molecule has 0 atom stereocenters. The van der Waals surface area contributed by atoms with Crippen LogP contribution in [0.1, 0.15) is 44.1 Å². The summed E-state index contributed by atoms with van der Waals surface area (Å²) >= 11 is 3.39. The number of benzene rings is 1. The molecular weight excluding hydrogens is 466 g/mol. The summed E-state index contributed by atoms with van der Waals surface area (Å²) in [6.45, 7) is 2.31. The van der Waals surface area contributed by atoms with Gasteiger partial charge in [0, 0.05) is 23.1 Å². The van der Waals surface area contributed by atoms with Crippen molar-refractivity contribution in [2.45, 2.75) is 51.0 Å². The first kappa shape index (κ1) is 23.2. The van der Waals surface area contributed by atoms with Gasteiger partial charge in [-0.15, -0.1) is 0 Å². The maximum atomic E-state index is 12.7. The van der Waals surface area contributed by atoms with E-state index in [1.807, 2.05) is 25.1 Å². The van der Waals surface area contributed by atoms with Crippen LogP contribution in [0.3, 0.4) is 0 Å². The van der Waals surface area contributed by atoms with Crippen LogP contribution in [0.15, 0.2) is 22.7 Å².